The predicted octanol–water partition coefficient (Wildman–Crippen LogP) is 1.51. The maximum atomic E-state index is 12.1. The smallest absolute Gasteiger partial charge is 0.315 e. The molecule has 5 nitrogen and oxygen atoms in total. The number of hydrogen-bond donors (Lipinski definition) is 3. The molecule has 0 aromatic heterocycles. The molecule has 3 N–H and O–H groups in total. The topological polar surface area (TPSA) is 70.6 Å². The van der Waals surface area contributed by atoms with Gasteiger partial charge in [0.05, 0.1) is 17.7 Å². The lowest BCUT2D eigenvalue weighted by Gasteiger charge is -2.25. The molecule has 2 amide bonds. The van der Waals surface area contributed by atoms with Crippen molar-refractivity contribution in [2.75, 3.05) is 13.2 Å². The summed E-state index contributed by atoms with van der Waals surface area (Å²) in [5, 5.41) is 15.9. The molecule has 0 radical (unpaired) electrons. The summed E-state index contributed by atoms with van der Waals surface area (Å²) in [6.45, 7) is 3.26. The molecule has 1 saturated heterocycles. The molecule has 0 bridgehead atoms. The van der Waals surface area contributed by atoms with Crippen molar-refractivity contribution >= 4 is 6.03 Å². The minimum atomic E-state index is -0.563. The first-order valence-electron chi connectivity index (χ1n) is 7.52. The molecule has 3 rings (SSSR count). The molecule has 21 heavy (non-hydrogen) atoms. The first-order valence-corrected chi connectivity index (χ1v) is 7.52. The van der Waals surface area contributed by atoms with Gasteiger partial charge in [-0.3, -0.25) is 0 Å². The van der Waals surface area contributed by atoms with Crippen molar-refractivity contribution in [3.63, 3.8) is 0 Å². The molecule has 2 aliphatic rings. The van der Waals surface area contributed by atoms with Gasteiger partial charge in [-0.1, -0.05) is 24.3 Å². The van der Waals surface area contributed by atoms with Crippen LogP contribution < -0.4 is 10.6 Å². The third-order valence-corrected chi connectivity index (χ3v) is 4.41. The number of benzene rings is 1. The van der Waals surface area contributed by atoms with Crippen LogP contribution in [0.1, 0.15) is 36.9 Å². The van der Waals surface area contributed by atoms with Crippen LogP contribution in [0.25, 0.3) is 0 Å². The highest BCUT2D eigenvalue weighted by molar-refractivity contribution is 5.75. The largest absolute Gasteiger partial charge is 0.390 e. The van der Waals surface area contributed by atoms with Crippen LogP contribution in [-0.2, 0) is 11.2 Å². The number of aliphatic hydroxyl groups is 1. The SMILES string of the molecule is CC1(CNC(=O)NC2c3ccccc3CC2O)CCCO1. The zero-order valence-corrected chi connectivity index (χ0v) is 12.3. The Morgan fingerprint density at radius 1 is 1.48 bits per heavy atom. The van der Waals surface area contributed by atoms with Crippen LogP contribution in [0.2, 0.25) is 0 Å². The molecule has 0 saturated carbocycles. The Labute approximate surface area is 124 Å². The maximum Gasteiger partial charge on any atom is 0.315 e. The summed E-state index contributed by atoms with van der Waals surface area (Å²) in [6, 6.07) is 7.23. The molecule has 3 unspecified atom stereocenters. The van der Waals surface area contributed by atoms with Crippen molar-refractivity contribution in [1.82, 2.24) is 10.6 Å². The third kappa shape index (κ3) is 3.04. The van der Waals surface area contributed by atoms with Crippen molar-refractivity contribution < 1.29 is 14.6 Å². The van der Waals surface area contributed by atoms with E-state index in [-0.39, 0.29) is 17.7 Å². The summed E-state index contributed by atoms with van der Waals surface area (Å²) in [7, 11) is 0. The number of fused-ring (bicyclic) bond motifs is 1. The van der Waals surface area contributed by atoms with E-state index in [4.69, 9.17) is 4.74 Å². The lowest BCUT2D eigenvalue weighted by Crippen LogP contribution is -2.46. The van der Waals surface area contributed by atoms with E-state index >= 15 is 0 Å². The lowest BCUT2D eigenvalue weighted by molar-refractivity contribution is 0.0227. The van der Waals surface area contributed by atoms with Gasteiger partial charge in [-0.2, -0.15) is 0 Å². The zero-order valence-electron chi connectivity index (χ0n) is 12.3. The fourth-order valence-corrected chi connectivity index (χ4v) is 3.18. The van der Waals surface area contributed by atoms with Crippen LogP contribution >= 0.6 is 0 Å². The van der Waals surface area contributed by atoms with Crippen molar-refractivity contribution in [3.05, 3.63) is 35.4 Å². The normalized spacial score (nSPS) is 31.0. The molecule has 1 aromatic rings. The summed E-state index contributed by atoms with van der Waals surface area (Å²) in [5.74, 6) is 0. The van der Waals surface area contributed by atoms with Crippen LogP contribution in [0.4, 0.5) is 4.79 Å². The number of carbonyl (C=O) groups is 1. The van der Waals surface area contributed by atoms with E-state index in [1.54, 1.807) is 0 Å². The standard InChI is InChI=1S/C16H22N2O3/c1-16(7-4-8-21-16)10-17-15(20)18-14-12-6-3-2-5-11(12)9-13(14)19/h2-3,5-6,13-14,19H,4,7-10H2,1H3,(H2,17,18,20). The minimum Gasteiger partial charge on any atom is -0.390 e. The Bertz CT molecular complexity index is 526. The fraction of sp³-hybridized carbons (Fsp3) is 0.562. The summed E-state index contributed by atoms with van der Waals surface area (Å²) < 4.78 is 5.65. The van der Waals surface area contributed by atoms with E-state index in [0.717, 1.165) is 30.6 Å². The second-order valence-electron chi connectivity index (χ2n) is 6.18. The molecular formula is C16H22N2O3. The molecule has 114 valence electrons. The number of carbonyl (C=O) groups excluding carboxylic acids is 1. The van der Waals surface area contributed by atoms with Crippen molar-refractivity contribution in [2.24, 2.45) is 0 Å². The molecule has 1 fully saturated rings. The first kappa shape index (κ1) is 14.4. The Morgan fingerprint density at radius 3 is 3.05 bits per heavy atom. The molecule has 0 spiro atoms. The summed E-state index contributed by atoms with van der Waals surface area (Å²) in [4.78, 5) is 12.1. The predicted molar refractivity (Wildman–Crippen MR) is 79.0 cm³/mol. The van der Waals surface area contributed by atoms with Gasteiger partial charge >= 0.3 is 6.03 Å². The van der Waals surface area contributed by atoms with Crippen LogP contribution in [0, 0.1) is 0 Å². The fourth-order valence-electron chi connectivity index (χ4n) is 3.18. The maximum absolute atomic E-state index is 12.1. The van der Waals surface area contributed by atoms with E-state index < -0.39 is 6.10 Å². The highest BCUT2D eigenvalue weighted by Gasteiger charge is 2.33. The second-order valence-corrected chi connectivity index (χ2v) is 6.18. The first-order chi connectivity index (χ1) is 10.1. The quantitative estimate of drug-likeness (QED) is 0.790. The summed E-state index contributed by atoms with van der Waals surface area (Å²) in [5.41, 5.74) is 1.84. The molecule has 3 atom stereocenters. The molecule has 1 aliphatic carbocycles. The van der Waals surface area contributed by atoms with Gasteiger partial charge in [-0.15, -0.1) is 0 Å². The van der Waals surface area contributed by atoms with Crippen molar-refractivity contribution in [1.29, 1.82) is 0 Å². The van der Waals surface area contributed by atoms with Crippen LogP contribution in [-0.4, -0.2) is 36.0 Å². The van der Waals surface area contributed by atoms with Gasteiger partial charge in [0.2, 0.25) is 0 Å². The number of aliphatic hydroxyl groups excluding tert-OH is 1. The number of ether oxygens (including phenoxy) is 1. The highest BCUT2D eigenvalue weighted by atomic mass is 16.5. The van der Waals surface area contributed by atoms with Crippen molar-refractivity contribution in [3.8, 4) is 0 Å². The van der Waals surface area contributed by atoms with E-state index in [1.165, 1.54) is 0 Å². The van der Waals surface area contributed by atoms with E-state index in [0.29, 0.717) is 13.0 Å². The number of rotatable bonds is 3. The zero-order chi connectivity index (χ0) is 14.9. The Morgan fingerprint density at radius 2 is 2.29 bits per heavy atom. The Balaban J connectivity index is 1.58. The second kappa shape index (κ2) is 5.66. The van der Waals surface area contributed by atoms with Gasteiger partial charge in [0, 0.05) is 19.6 Å². The van der Waals surface area contributed by atoms with E-state index in [9.17, 15) is 9.90 Å². The Hall–Kier alpha value is -1.59. The van der Waals surface area contributed by atoms with Gasteiger partial charge in [-0.05, 0) is 30.9 Å². The van der Waals surface area contributed by atoms with Crippen LogP contribution in [0.3, 0.4) is 0 Å². The van der Waals surface area contributed by atoms with Crippen LogP contribution in [0.15, 0.2) is 24.3 Å². The molecular weight excluding hydrogens is 268 g/mol. The highest BCUT2D eigenvalue weighted by Crippen LogP contribution is 2.31. The minimum absolute atomic E-state index is 0.257. The average Bonchev–Trinajstić information content (AvgIpc) is 3.03. The lowest BCUT2D eigenvalue weighted by atomic mass is 10.0. The number of nitrogens with one attached hydrogen (secondary N) is 2. The number of urea groups is 1. The van der Waals surface area contributed by atoms with Gasteiger partial charge in [-0.25, -0.2) is 4.79 Å². The third-order valence-electron chi connectivity index (χ3n) is 4.41. The van der Waals surface area contributed by atoms with Gasteiger partial charge in [0.1, 0.15) is 0 Å². The number of amides is 2. The Kier molecular flexibility index (Phi) is 3.87. The molecule has 1 aromatic carbocycles. The average molecular weight is 290 g/mol. The molecule has 1 heterocycles. The van der Waals surface area contributed by atoms with Gasteiger partial charge < -0.3 is 20.5 Å². The monoisotopic (exact) mass is 290 g/mol. The number of hydrogen-bond acceptors (Lipinski definition) is 3. The van der Waals surface area contributed by atoms with E-state index in [2.05, 4.69) is 10.6 Å². The van der Waals surface area contributed by atoms with Gasteiger partial charge in [0.25, 0.3) is 0 Å². The molecule has 5 heteroatoms. The van der Waals surface area contributed by atoms with Gasteiger partial charge in [0.15, 0.2) is 0 Å². The summed E-state index contributed by atoms with van der Waals surface area (Å²) in [6.07, 6.45) is 2.02. The van der Waals surface area contributed by atoms with Crippen molar-refractivity contribution in [2.45, 2.75) is 43.9 Å². The molecule has 1 aliphatic heterocycles. The van der Waals surface area contributed by atoms with E-state index in [1.807, 2.05) is 31.2 Å². The van der Waals surface area contributed by atoms with Crippen LogP contribution in [0.5, 0.6) is 0 Å². The summed E-state index contributed by atoms with van der Waals surface area (Å²) >= 11 is 0.